The van der Waals surface area contributed by atoms with Gasteiger partial charge in [-0.1, -0.05) is 67.1 Å². The second kappa shape index (κ2) is 15.2. The predicted octanol–water partition coefficient (Wildman–Crippen LogP) is 6.07. The number of hydrogen-bond acceptors (Lipinski definition) is 4. The predicted molar refractivity (Wildman–Crippen MR) is 162 cm³/mol. The number of nitrogens with zero attached hydrogens (tertiary/aromatic N) is 2. The van der Waals surface area contributed by atoms with Crippen molar-refractivity contribution in [3.8, 4) is 0 Å². The van der Waals surface area contributed by atoms with Crippen LogP contribution >= 0.6 is 11.6 Å². The zero-order valence-electron chi connectivity index (χ0n) is 24.0. The van der Waals surface area contributed by atoms with Crippen LogP contribution in [0, 0.1) is 0 Å². The van der Waals surface area contributed by atoms with Gasteiger partial charge in [-0.15, -0.1) is 0 Å². The summed E-state index contributed by atoms with van der Waals surface area (Å²) in [5.74, 6) is -0.727. The largest absolute Gasteiger partial charge is 0.416 e. The first-order chi connectivity index (χ1) is 20.3. The molecule has 0 heterocycles. The minimum absolute atomic E-state index is 0.00784. The van der Waals surface area contributed by atoms with Gasteiger partial charge in [0.05, 0.1) is 17.5 Å². The minimum atomic E-state index is -4.65. The number of rotatable bonds is 14. The van der Waals surface area contributed by atoms with Crippen molar-refractivity contribution in [2.45, 2.75) is 51.4 Å². The van der Waals surface area contributed by atoms with Crippen LogP contribution in [-0.4, -0.2) is 50.5 Å². The lowest BCUT2D eigenvalue weighted by Crippen LogP contribution is -2.50. The van der Waals surface area contributed by atoms with Crippen molar-refractivity contribution in [3.63, 3.8) is 0 Å². The van der Waals surface area contributed by atoms with Gasteiger partial charge in [-0.25, -0.2) is 8.42 Å². The van der Waals surface area contributed by atoms with Gasteiger partial charge >= 0.3 is 6.18 Å². The van der Waals surface area contributed by atoms with Gasteiger partial charge in [0.1, 0.15) is 6.04 Å². The average Bonchev–Trinajstić information content (AvgIpc) is 2.96. The van der Waals surface area contributed by atoms with Crippen molar-refractivity contribution in [2.75, 3.05) is 23.7 Å². The van der Waals surface area contributed by atoms with E-state index in [0.29, 0.717) is 18.0 Å². The summed E-state index contributed by atoms with van der Waals surface area (Å²) in [6, 6.07) is 19.3. The maximum Gasteiger partial charge on any atom is 0.416 e. The van der Waals surface area contributed by atoms with Crippen molar-refractivity contribution in [1.29, 1.82) is 0 Å². The van der Waals surface area contributed by atoms with E-state index < -0.39 is 33.7 Å². The van der Waals surface area contributed by atoms with Crippen LogP contribution in [0.3, 0.4) is 0 Å². The zero-order chi connectivity index (χ0) is 31.6. The van der Waals surface area contributed by atoms with Gasteiger partial charge in [0, 0.05) is 37.5 Å². The summed E-state index contributed by atoms with van der Waals surface area (Å²) in [6.45, 7) is 2.21. The first kappa shape index (κ1) is 33.9. The summed E-state index contributed by atoms with van der Waals surface area (Å²) in [7, 11) is -3.97. The fraction of sp³-hybridized carbons (Fsp3) is 0.355. The third-order valence-corrected chi connectivity index (χ3v) is 8.15. The van der Waals surface area contributed by atoms with Crippen LogP contribution in [-0.2, 0) is 38.8 Å². The Balaban J connectivity index is 1.88. The van der Waals surface area contributed by atoms with Crippen LogP contribution in [0.25, 0.3) is 0 Å². The van der Waals surface area contributed by atoms with Crippen LogP contribution in [0.4, 0.5) is 18.9 Å². The molecule has 0 aromatic heterocycles. The number of amides is 2. The summed E-state index contributed by atoms with van der Waals surface area (Å²) < 4.78 is 65.8. The molecule has 0 saturated heterocycles. The smallest absolute Gasteiger partial charge is 0.354 e. The van der Waals surface area contributed by atoms with Crippen molar-refractivity contribution in [3.05, 3.63) is 101 Å². The second-order valence-corrected chi connectivity index (χ2v) is 12.5. The van der Waals surface area contributed by atoms with E-state index in [2.05, 4.69) is 5.32 Å². The standard InChI is InChI=1S/C31H35ClF3N3O4S/c1-3-18-36-30(40)28(20-23-9-5-4-6-10-23)37(22-24-14-16-26(32)17-15-24)29(39)13-8-19-38(43(2,41)42)27-12-7-11-25(21-27)31(33,34)35/h4-7,9-12,14-17,21,28H,3,8,13,18-20,22H2,1-2H3,(H,36,40)/t28-/m0/s1. The molecule has 0 aliphatic carbocycles. The highest BCUT2D eigenvalue weighted by Gasteiger charge is 2.32. The van der Waals surface area contributed by atoms with Gasteiger partial charge < -0.3 is 10.2 Å². The lowest BCUT2D eigenvalue weighted by Gasteiger charge is -2.32. The average molecular weight is 638 g/mol. The molecule has 232 valence electrons. The Kier molecular flexibility index (Phi) is 12.0. The summed E-state index contributed by atoms with van der Waals surface area (Å²) in [5, 5.41) is 3.40. The molecule has 1 N–H and O–H groups in total. The Labute approximate surface area is 255 Å². The fourth-order valence-electron chi connectivity index (χ4n) is 4.55. The molecule has 0 fully saturated rings. The number of anilines is 1. The number of nitrogens with one attached hydrogen (secondary N) is 1. The molecule has 3 aromatic carbocycles. The number of alkyl halides is 3. The third-order valence-electron chi connectivity index (χ3n) is 6.70. The quantitative estimate of drug-likeness (QED) is 0.232. The van der Waals surface area contributed by atoms with Crippen molar-refractivity contribution in [1.82, 2.24) is 10.2 Å². The monoisotopic (exact) mass is 637 g/mol. The Morgan fingerprint density at radius 1 is 0.953 bits per heavy atom. The molecule has 0 aliphatic rings. The molecule has 0 unspecified atom stereocenters. The normalized spacial score (nSPS) is 12.4. The van der Waals surface area contributed by atoms with E-state index in [9.17, 15) is 31.2 Å². The molecule has 43 heavy (non-hydrogen) atoms. The number of carbonyl (C=O) groups is 2. The maximum atomic E-state index is 13.8. The van der Waals surface area contributed by atoms with Gasteiger partial charge in [-0.05, 0) is 54.3 Å². The number of benzene rings is 3. The van der Waals surface area contributed by atoms with Crippen LogP contribution < -0.4 is 9.62 Å². The molecular weight excluding hydrogens is 603 g/mol. The molecule has 0 spiro atoms. The summed E-state index contributed by atoms with van der Waals surface area (Å²) in [5.41, 5.74) is 0.455. The molecule has 7 nitrogen and oxygen atoms in total. The van der Waals surface area contributed by atoms with Crippen molar-refractivity contribution < 1.29 is 31.2 Å². The molecule has 3 rings (SSSR count). The minimum Gasteiger partial charge on any atom is -0.354 e. The van der Waals surface area contributed by atoms with Crippen LogP contribution in [0.15, 0.2) is 78.9 Å². The molecule has 0 aliphatic heterocycles. The second-order valence-electron chi connectivity index (χ2n) is 10.1. The van der Waals surface area contributed by atoms with Crippen molar-refractivity contribution in [2.24, 2.45) is 0 Å². The van der Waals surface area contributed by atoms with E-state index in [0.717, 1.165) is 39.9 Å². The number of halogens is 4. The van der Waals surface area contributed by atoms with E-state index in [1.165, 1.54) is 11.0 Å². The van der Waals surface area contributed by atoms with E-state index in [1.54, 1.807) is 24.3 Å². The highest BCUT2D eigenvalue weighted by atomic mass is 35.5. The molecule has 0 radical (unpaired) electrons. The molecule has 0 bridgehead atoms. The molecule has 3 aromatic rings. The van der Waals surface area contributed by atoms with Gasteiger partial charge in [0.15, 0.2) is 0 Å². The van der Waals surface area contributed by atoms with E-state index in [4.69, 9.17) is 11.6 Å². The summed E-state index contributed by atoms with van der Waals surface area (Å²) >= 11 is 6.05. The Hall–Kier alpha value is -3.57. The Morgan fingerprint density at radius 2 is 1.63 bits per heavy atom. The Morgan fingerprint density at radius 3 is 2.23 bits per heavy atom. The molecule has 12 heteroatoms. The van der Waals surface area contributed by atoms with E-state index >= 15 is 0 Å². The summed E-state index contributed by atoms with van der Waals surface area (Å²) in [4.78, 5) is 28.7. The van der Waals surface area contributed by atoms with Crippen molar-refractivity contribution >= 4 is 39.1 Å². The molecule has 1 atom stereocenters. The van der Waals surface area contributed by atoms with Gasteiger partial charge in [-0.2, -0.15) is 13.2 Å². The lowest BCUT2D eigenvalue weighted by molar-refractivity contribution is -0.141. The van der Waals surface area contributed by atoms with Gasteiger partial charge in [0.2, 0.25) is 21.8 Å². The number of hydrogen-bond donors (Lipinski definition) is 1. The first-order valence-corrected chi connectivity index (χ1v) is 16.0. The fourth-order valence-corrected chi connectivity index (χ4v) is 5.63. The molecule has 2 amide bonds. The SMILES string of the molecule is CCCNC(=O)[C@H](Cc1ccccc1)N(Cc1ccc(Cl)cc1)C(=O)CCCN(c1cccc(C(F)(F)F)c1)S(C)(=O)=O. The zero-order valence-corrected chi connectivity index (χ0v) is 25.6. The highest BCUT2D eigenvalue weighted by molar-refractivity contribution is 7.92. The number of carbonyl (C=O) groups excluding carboxylic acids is 2. The molecule has 0 saturated carbocycles. The number of sulfonamides is 1. The van der Waals surface area contributed by atoms with Crippen LogP contribution in [0.1, 0.15) is 42.9 Å². The van der Waals surface area contributed by atoms with Crippen LogP contribution in [0.5, 0.6) is 0 Å². The van der Waals surface area contributed by atoms with E-state index in [1.807, 2.05) is 37.3 Å². The lowest BCUT2D eigenvalue weighted by atomic mass is 10.0. The Bertz CT molecular complexity index is 1470. The highest BCUT2D eigenvalue weighted by Crippen LogP contribution is 2.32. The van der Waals surface area contributed by atoms with E-state index in [-0.39, 0.29) is 43.9 Å². The van der Waals surface area contributed by atoms with Crippen LogP contribution in [0.2, 0.25) is 5.02 Å². The van der Waals surface area contributed by atoms with Gasteiger partial charge in [0.25, 0.3) is 0 Å². The van der Waals surface area contributed by atoms with Gasteiger partial charge in [-0.3, -0.25) is 13.9 Å². The molecular formula is C31H35ClF3N3O4S. The topological polar surface area (TPSA) is 86.8 Å². The maximum absolute atomic E-state index is 13.8. The first-order valence-electron chi connectivity index (χ1n) is 13.8. The third kappa shape index (κ3) is 10.3. The summed E-state index contributed by atoms with van der Waals surface area (Å²) in [6.07, 6.45) is -2.95.